The van der Waals surface area contributed by atoms with Crippen LogP contribution in [0.25, 0.3) is 0 Å². The molecule has 1 fully saturated rings. The summed E-state index contributed by atoms with van der Waals surface area (Å²) in [7, 11) is 0. The number of hydrogen-bond acceptors (Lipinski definition) is 4. The maximum absolute atomic E-state index is 11.9. The highest BCUT2D eigenvalue weighted by Gasteiger charge is 2.18. The molecular formula is C15H22ClN3O2. The zero-order valence-electron chi connectivity index (χ0n) is 12.3. The van der Waals surface area contributed by atoms with Gasteiger partial charge in [0.05, 0.1) is 23.9 Å². The van der Waals surface area contributed by atoms with Crippen molar-refractivity contribution in [1.29, 1.82) is 0 Å². The highest BCUT2D eigenvalue weighted by atomic mass is 35.5. The van der Waals surface area contributed by atoms with Gasteiger partial charge in [-0.2, -0.15) is 0 Å². The average Bonchev–Trinajstić information content (AvgIpc) is 2.45. The van der Waals surface area contributed by atoms with Gasteiger partial charge in [-0.15, -0.1) is 0 Å². The zero-order valence-corrected chi connectivity index (χ0v) is 13.0. The third kappa shape index (κ3) is 4.88. The van der Waals surface area contributed by atoms with Gasteiger partial charge in [0.2, 0.25) is 5.91 Å². The van der Waals surface area contributed by atoms with E-state index in [1.807, 2.05) is 0 Å². The third-order valence-electron chi connectivity index (χ3n) is 3.63. The molecule has 1 aromatic rings. The van der Waals surface area contributed by atoms with Crippen molar-refractivity contribution in [3.8, 4) is 0 Å². The van der Waals surface area contributed by atoms with Gasteiger partial charge in [-0.3, -0.25) is 9.69 Å². The van der Waals surface area contributed by atoms with Crippen molar-refractivity contribution in [3.63, 3.8) is 0 Å². The van der Waals surface area contributed by atoms with Crippen LogP contribution in [-0.2, 0) is 9.53 Å². The molecule has 1 aromatic carbocycles. The van der Waals surface area contributed by atoms with Gasteiger partial charge in [0.15, 0.2) is 0 Å². The average molecular weight is 312 g/mol. The SMILES string of the molecule is CC1COCCN1CCCC(=O)Nc1ccc(Cl)c(N)c1. The Morgan fingerprint density at radius 1 is 1.57 bits per heavy atom. The van der Waals surface area contributed by atoms with Crippen molar-refractivity contribution >= 4 is 28.9 Å². The first-order valence-corrected chi connectivity index (χ1v) is 7.60. The molecule has 0 aliphatic carbocycles. The van der Waals surface area contributed by atoms with E-state index in [0.717, 1.165) is 32.7 Å². The molecule has 1 aliphatic rings. The van der Waals surface area contributed by atoms with Crippen molar-refractivity contribution < 1.29 is 9.53 Å². The Morgan fingerprint density at radius 2 is 2.38 bits per heavy atom. The number of nitrogens with two attached hydrogens (primary N) is 1. The predicted molar refractivity (Wildman–Crippen MR) is 85.6 cm³/mol. The number of hydrogen-bond donors (Lipinski definition) is 2. The van der Waals surface area contributed by atoms with Crippen molar-refractivity contribution in [2.75, 3.05) is 37.4 Å². The molecule has 5 nitrogen and oxygen atoms in total. The van der Waals surface area contributed by atoms with Crippen LogP contribution in [0.15, 0.2) is 18.2 Å². The zero-order chi connectivity index (χ0) is 15.2. The lowest BCUT2D eigenvalue weighted by Crippen LogP contribution is -2.44. The highest BCUT2D eigenvalue weighted by Crippen LogP contribution is 2.22. The van der Waals surface area contributed by atoms with Gasteiger partial charge in [-0.25, -0.2) is 0 Å². The Morgan fingerprint density at radius 3 is 3.10 bits per heavy atom. The molecule has 1 aliphatic heterocycles. The van der Waals surface area contributed by atoms with Crippen LogP contribution in [0.1, 0.15) is 19.8 Å². The second-order valence-corrected chi connectivity index (χ2v) is 5.76. The Hall–Kier alpha value is -1.30. The molecule has 0 radical (unpaired) electrons. The van der Waals surface area contributed by atoms with E-state index in [1.165, 1.54) is 0 Å². The minimum absolute atomic E-state index is 0.00219. The van der Waals surface area contributed by atoms with Gasteiger partial charge in [-0.05, 0) is 38.1 Å². The fourth-order valence-electron chi connectivity index (χ4n) is 2.38. The number of nitrogens with one attached hydrogen (secondary N) is 1. The normalized spacial score (nSPS) is 19.4. The molecule has 3 N–H and O–H groups in total. The van der Waals surface area contributed by atoms with E-state index in [9.17, 15) is 4.79 Å². The van der Waals surface area contributed by atoms with Crippen LogP contribution in [0.2, 0.25) is 5.02 Å². The van der Waals surface area contributed by atoms with E-state index in [1.54, 1.807) is 18.2 Å². The van der Waals surface area contributed by atoms with Crippen molar-refractivity contribution in [1.82, 2.24) is 4.90 Å². The summed E-state index contributed by atoms with van der Waals surface area (Å²) in [6, 6.07) is 5.53. The van der Waals surface area contributed by atoms with Crippen LogP contribution in [0.4, 0.5) is 11.4 Å². The monoisotopic (exact) mass is 311 g/mol. The summed E-state index contributed by atoms with van der Waals surface area (Å²) < 4.78 is 5.40. The summed E-state index contributed by atoms with van der Waals surface area (Å²) in [5, 5.41) is 3.33. The fourth-order valence-corrected chi connectivity index (χ4v) is 2.50. The summed E-state index contributed by atoms with van der Waals surface area (Å²) in [6.07, 6.45) is 1.33. The smallest absolute Gasteiger partial charge is 0.224 e. The lowest BCUT2D eigenvalue weighted by molar-refractivity contribution is -0.116. The number of halogens is 1. The molecule has 0 bridgehead atoms. The van der Waals surface area contributed by atoms with Crippen LogP contribution in [-0.4, -0.2) is 43.2 Å². The third-order valence-corrected chi connectivity index (χ3v) is 3.98. The summed E-state index contributed by atoms with van der Waals surface area (Å²) in [4.78, 5) is 14.3. The van der Waals surface area contributed by atoms with Gasteiger partial charge in [0, 0.05) is 24.7 Å². The number of amides is 1. The Kier molecular flexibility index (Phi) is 5.85. The minimum atomic E-state index is -0.00219. The molecule has 1 heterocycles. The number of ether oxygens (including phenoxy) is 1. The molecule has 6 heteroatoms. The van der Waals surface area contributed by atoms with E-state index < -0.39 is 0 Å². The number of nitrogens with zero attached hydrogens (tertiary/aromatic N) is 1. The molecule has 1 amide bonds. The van der Waals surface area contributed by atoms with Crippen LogP contribution in [0.3, 0.4) is 0 Å². The number of carbonyl (C=O) groups is 1. The summed E-state index contributed by atoms with van der Waals surface area (Å²) in [5.41, 5.74) is 6.86. The van der Waals surface area contributed by atoms with E-state index in [4.69, 9.17) is 22.1 Å². The van der Waals surface area contributed by atoms with Gasteiger partial charge in [0.1, 0.15) is 0 Å². The van der Waals surface area contributed by atoms with Crippen LogP contribution in [0, 0.1) is 0 Å². The molecule has 1 saturated heterocycles. The Labute approximate surface area is 130 Å². The topological polar surface area (TPSA) is 67.6 Å². The molecule has 0 spiro atoms. The van der Waals surface area contributed by atoms with Gasteiger partial charge >= 0.3 is 0 Å². The second kappa shape index (κ2) is 7.64. The van der Waals surface area contributed by atoms with Crippen molar-refractivity contribution in [3.05, 3.63) is 23.2 Å². The largest absolute Gasteiger partial charge is 0.397 e. The number of carbonyl (C=O) groups excluding carboxylic acids is 1. The maximum atomic E-state index is 11.9. The summed E-state index contributed by atoms with van der Waals surface area (Å²) >= 11 is 5.85. The molecule has 21 heavy (non-hydrogen) atoms. The first-order chi connectivity index (χ1) is 10.1. The van der Waals surface area contributed by atoms with Crippen LogP contribution >= 0.6 is 11.6 Å². The van der Waals surface area contributed by atoms with Crippen molar-refractivity contribution in [2.45, 2.75) is 25.8 Å². The standard InChI is InChI=1S/C15H22ClN3O2/c1-11-10-21-8-7-19(11)6-2-3-15(20)18-12-4-5-13(16)14(17)9-12/h4-5,9,11H,2-3,6-8,10,17H2,1H3,(H,18,20). The van der Waals surface area contributed by atoms with Crippen molar-refractivity contribution in [2.24, 2.45) is 0 Å². The number of morpholine rings is 1. The summed E-state index contributed by atoms with van der Waals surface area (Å²) in [6.45, 7) is 5.56. The molecule has 0 aromatic heterocycles. The molecule has 2 rings (SSSR count). The van der Waals surface area contributed by atoms with E-state index in [-0.39, 0.29) is 5.91 Å². The number of rotatable bonds is 5. The molecule has 1 unspecified atom stereocenters. The van der Waals surface area contributed by atoms with E-state index in [2.05, 4.69) is 17.1 Å². The van der Waals surface area contributed by atoms with Gasteiger partial charge in [0.25, 0.3) is 0 Å². The molecule has 0 saturated carbocycles. The van der Waals surface area contributed by atoms with Gasteiger partial charge < -0.3 is 15.8 Å². The minimum Gasteiger partial charge on any atom is -0.397 e. The lowest BCUT2D eigenvalue weighted by atomic mass is 10.2. The number of anilines is 2. The Bertz CT molecular complexity index is 496. The first kappa shape index (κ1) is 16.1. The maximum Gasteiger partial charge on any atom is 0.224 e. The summed E-state index contributed by atoms with van der Waals surface area (Å²) in [5.74, 6) is -0.00219. The van der Waals surface area contributed by atoms with E-state index >= 15 is 0 Å². The van der Waals surface area contributed by atoms with Gasteiger partial charge in [-0.1, -0.05) is 11.6 Å². The van der Waals surface area contributed by atoms with E-state index in [0.29, 0.717) is 28.9 Å². The van der Waals surface area contributed by atoms with Crippen LogP contribution < -0.4 is 11.1 Å². The Balaban J connectivity index is 1.73. The fraction of sp³-hybridized carbons (Fsp3) is 0.533. The predicted octanol–water partition coefficient (Wildman–Crippen LogP) is 2.36. The number of nitrogen functional groups attached to an aromatic ring is 1. The number of benzene rings is 1. The molecule has 116 valence electrons. The molecule has 1 atom stereocenters. The first-order valence-electron chi connectivity index (χ1n) is 7.23. The second-order valence-electron chi connectivity index (χ2n) is 5.35. The lowest BCUT2D eigenvalue weighted by Gasteiger charge is -2.33. The van der Waals surface area contributed by atoms with Crippen LogP contribution in [0.5, 0.6) is 0 Å². The highest BCUT2D eigenvalue weighted by molar-refractivity contribution is 6.33. The quantitative estimate of drug-likeness (QED) is 0.819. The molecular weight excluding hydrogens is 290 g/mol.